The van der Waals surface area contributed by atoms with E-state index in [0.717, 1.165) is 13.0 Å². The Morgan fingerprint density at radius 1 is 1.28 bits per heavy atom. The average molecular weight is 258 g/mol. The molecule has 0 saturated carbocycles. The van der Waals surface area contributed by atoms with E-state index in [1.54, 1.807) is 0 Å². The molecular weight excluding hydrogens is 240 g/mol. The number of hydrogen-bond donors (Lipinski definition) is 0. The molecule has 2 aromatic heterocycles. The molecule has 94 valence electrons. The van der Waals surface area contributed by atoms with Crippen LogP contribution < -0.4 is 0 Å². The van der Waals surface area contributed by atoms with E-state index in [-0.39, 0.29) is 0 Å². The van der Waals surface area contributed by atoms with Crippen LogP contribution in [0.3, 0.4) is 0 Å². The van der Waals surface area contributed by atoms with Crippen molar-refractivity contribution in [3.05, 3.63) is 52.5 Å². The highest BCUT2D eigenvalue weighted by Crippen LogP contribution is 2.32. The first-order chi connectivity index (χ1) is 8.93. The second-order valence-electron chi connectivity index (χ2n) is 4.86. The number of pyridine rings is 1. The molecular formula is C15H18N2S. The molecule has 0 N–H and O–H groups in total. The molecule has 1 aliphatic rings. The molecule has 3 heterocycles. The smallest absolute Gasteiger partial charge is 0.0356 e. The average Bonchev–Trinajstić information content (AvgIpc) is 3.08. The summed E-state index contributed by atoms with van der Waals surface area (Å²) in [5.74, 6) is 0. The van der Waals surface area contributed by atoms with E-state index in [1.807, 2.05) is 23.7 Å². The lowest BCUT2D eigenvalue weighted by atomic mass is 10.1. The van der Waals surface area contributed by atoms with Crippen LogP contribution in [0.4, 0.5) is 0 Å². The quantitative estimate of drug-likeness (QED) is 0.834. The van der Waals surface area contributed by atoms with Crippen LogP contribution in [-0.4, -0.2) is 23.0 Å². The van der Waals surface area contributed by atoms with Crippen molar-refractivity contribution in [3.63, 3.8) is 0 Å². The summed E-state index contributed by atoms with van der Waals surface area (Å²) in [6.45, 7) is 2.40. The molecule has 0 aromatic carbocycles. The minimum Gasteiger partial charge on any atom is -0.296 e. The molecule has 0 aliphatic carbocycles. The maximum Gasteiger partial charge on any atom is 0.0356 e. The Morgan fingerprint density at radius 2 is 2.17 bits per heavy atom. The Morgan fingerprint density at radius 3 is 2.94 bits per heavy atom. The fraction of sp³-hybridized carbons (Fsp3) is 0.400. The molecule has 3 heteroatoms. The van der Waals surface area contributed by atoms with E-state index in [2.05, 4.69) is 38.8 Å². The van der Waals surface area contributed by atoms with Crippen LogP contribution in [0.1, 0.15) is 30.0 Å². The number of hydrogen-bond acceptors (Lipinski definition) is 3. The predicted molar refractivity (Wildman–Crippen MR) is 75.8 cm³/mol. The van der Waals surface area contributed by atoms with Gasteiger partial charge in [0.15, 0.2) is 0 Å². The van der Waals surface area contributed by atoms with E-state index in [4.69, 9.17) is 0 Å². The van der Waals surface area contributed by atoms with Crippen molar-refractivity contribution < 1.29 is 0 Å². The van der Waals surface area contributed by atoms with Crippen LogP contribution in [0.5, 0.6) is 0 Å². The van der Waals surface area contributed by atoms with Gasteiger partial charge in [-0.1, -0.05) is 0 Å². The molecule has 1 fully saturated rings. The summed E-state index contributed by atoms with van der Waals surface area (Å²) in [5.41, 5.74) is 2.90. The van der Waals surface area contributed by atoms with Gasteiger partial charge in [0.1, 0.15) is 0 Å². The molecule has 0 spiro atoms. The van der Waals surface area contributed by atoms with Crippen molar-refractivity contribution >= 4 is 11.3 Å². The molecule has 0 bridgehead atoms. The van der Waals surface area contributed by atoms with Gasteiger partial charge in [-0.15, -0.1) is 0 Å². The molecule has 0 amide bonds. The second-order valence-corrected chi connectivity index (χ2v) is 5.64. The number of likely N-dealkylation sites (tertiary alicyclic amines) is 1. The Hall–Kier alpha value is -1.19. The minimum absolute atomic E-state index is 0.651. The molecule has 2 aromatic rings. The first-order valence-corrected chi connectivity index (χ1v) is 7.53. The van der Waals surface area contributed by atoms with Crippen molar-refractivity contribution in [1.29, 1.82) is 0 Å². The number of aromatic nitrogens is 1. The van der Waals surface area contributed by atoms with Gasteiger partial charge in [0.2, 0.25) is 0 Å². The van der Waals surface area contributed by atoms with Crippen molar-refractivity contribution in [2.45, 2.75) is 25.3 Å². The Labute approximate surface area is 112 Å². The second kappa shape index (κ2) is 5.63. The van der Waals surface area contributed by atoms with Crippen molar-refractivity contribution in [3.8, 4) is 0 Å². The van der Waals surface area contributed by atoms with E-state index in [9.17, 15) is 0 Å². The highest BCUT2D eigenvalue weighted by atomic mass is 32.1. The van der Waals surface area contributed by atoms with Gasteiger partial charge in [0.05, 0.1) is 0 Å². The molecule has 0 radical (unpaired) electrons. The Balaban J connectivity index is 1.62. The van der Waals surface area contributed by atoms with Crippen LogP contribution >= 0.6 is 11.3 Å². The predicted octanol–water partition coefficient (Wildman–Crippen LogP) is 3.52. The van der Waals surface area contributed by atoms with Crippen molar-refractivity contribution in [2.24, 2.45) is 0 Å². The van der Waals surface area contributed by atoms with Crippen molar-refractivity contribution in [2.75, 3.05) is 13.1 Å². The topological polar surface area (TPSA) is 16.1 Å². The molecule has 1 atom stereocenters. The van der Waals surface area contributed by atoms with Crippen LogP contribution in [0.25, 0.3) is 0 Å². The summed E-state index contributed by atoms with van der Waals surface area (Å²) in [7, 11) is 0. The molecule has 0 unspecified atom stereocenters. The number of nitrogens with zero attached hydrogens (tertiary/aromatic N) is 2. The molecule has 1 aliphatic heterocycles. The van der Waals surface area contributed by atoms with Crippen LogP contribution in [-0.2, 0) is 6.42 Å². The zero-order chi connectivity index (χ0) is 12.2. The van der Waals surface area contributed by atoms with Gasteiger partial charge in [0, 0.05) is 25.0 Å². The number of thiophene rings is 1. The molecule has 18 heavy (non-hydrogen) atoms. The standard InChI is InChI=1S/C15H18N2S/c1-2-15(14-6-11-18-12-14)17(9-1)10-5-13-3-7-16-8-4-13/h3-4,6-8,11-12,15H,1-2,5,9-10H2/t15-/m0/s1. The van der Waals surface area contributed by atoms with E-state index in [1.165, 1.54) is 30.5 Å². The first-order valence-electron chi connectivity index (χ1n) is 6.58. The summed E-state index contributed by atoms with van der Waals surface area (Å²) in [6, 6.07) is 7.17. The Bertz CT molecular complexity index is 467. The van der Waals surface area contributed by atoms with Crippen LogP contribution in [0.2, 0.25) is 0 Å². The maximum atomic E-state index is 4.07. The number of rotatable bonds is 4. The van der Waals surface area contributed by atoms with Gasteiger partial charge in [-0.3, -0.25) is 9.88 Å². The van der Waals surface area contributed by atoms with Crippen molar-refractivity contribution in [1.82, 2.24) is 9.88 Å². The highest BCUT2D eigenvalue weighted by Gasteiger charge is 2.25. The summed E-state index contributed by atoms with van der Waals surface area (Å²) in [5, 5.41) is 4.49. The lowest BCUT2D eigenvalue weighted by Gasteiger charge is -2.23. The van der Waals surface area contributed by atoms with E-state index >= 15 is 0 Å². The zero-order valence-corrected chi connectivity index (χ0v) is 11.3. The summed E-state index contributed by atoms with van der Waals surface area (Å²) < 4.78 is 0. The van der Waals surface area contributed by atoms with Gasteiger partial charge in [-0.05, 0) is 65.9 Å². The highest BCUT2D eigenvalue weighted by molar-refractivity contribution is 7.07. The minimum atomic E-state index is 0.651. The third-order valence-corrected chi connectivity index (χ3v) is 4.43. The van der Waals surface area contributed by atoms with Gasteiger partial charge in [-0.2, -0.15) is 11.3 Å². The Kier molecular flexibility index (Phi) is 3.72. The van der Waals surface area contributed by atoms with Gasteiger partial charge in [0.25, 0.3) is 0 Å². The van der Waals surface area contributed by atoms with Gasteiger partial charge in [-0.25, -0.2) is 0 Å². The lowest BCUT2D eigenvalue weighted by molar-refractivity contribution is 0.261. The zero-order valence-electron chi connectivity index (χ0n) is 10.5. The summed E-state index contributed by atoms with van der Waals surface area (Å²) in [4.78, 5) is 6.70. The molecule has 1 saturated heterocycles. The van der Waals surface area contributed by atoms with Gasteiger partial charge >= 0.3 is 0 Å². The molecule has 3 rings (SSSR count). The van der Waals surface area contributed by atoms with Crippen LogP contribution in [0.15, 0.2) is 41.4 Å². The normalized spacial score (nSPS) is 20.3. The largest absolute Gasteiger partial charge is 0.296 e. The lowest BCUT2D eigenvalue weighted by Crippen LogP contribution is -2.25. The fourth-order valence-corrected chi connectivity index (χ4v) is 3.47. The summed E-state index contributed by atoms with van der Waals surface area (Å²) in [6.07, 6.45) is 7.54. The van der Waals surface area contributed by atoms with E-state index < -0.39 is 0 Å². The van der Waals surface area contributed by atoms with E-state index in [0.29, 0.717) is 6.04 Å². The monoisotopic (exact) mass is 258 g/mol. The SMILES string of the molecule is c1cc(CCN2CCC[C@H]2c2ccsc2)ccn1. The third-order valence-electron chi connectivity index (χ3n) is 3.73. The molecule has 2 nitrogen and oxygen atoms in total. The van der Waals surface area contributed by atoms with Crippen LogP contribution in [0, 0.1) is 0 Å². The maximum absolute atomic E-state index is 4.07. The summed E-state index contributed by atoms with van der Waals surface area (Å²) >= 11 is 1.81. The van der Waals surface area contributed by atoms with Gasteiger partial charge < -0.3 is 0 Å². The third kappa shape index (κ3) is 2.62. The first kappa shape index (κ1) is 11.9. The fourth-order valence-electron chi connectivity index (χ4n) is 2.76.